The van der Waals surface area contributed by atoms with Crippen molar-refractivity contribution >= 4 is 5.97 Å². The van der Waals surface area contributed by atoms with Crippen molar-refractivity contribution in [2.24, 2.45) is 46.3 Å². The van der Waals surface area contributed by atoms with Crippen LogP contribution in [0.4, 0.5) is 0 Å². The molecule has 0 aromatic rings. The van der Waals surface area contributed by atoms with Crippen LogP contribution in [0.3, 0.4) is 0 Å². The molecule has 4 fully saturated rings. The Morgan fingerprint density at radius 1 is 0.931 bits per heavy atom. The lowest BCUT2D eigenvalue weighted by molar-refractivity contribution is -0.223. The van der Waals surface area contributed by atoms with E-state index in [2.05, 4.69) is 20.8 Å². The van der Waals surface area contributed by atoms with Crippen LogP contribution in [0.1, 0.15) is 78.6 Å². The smallest absolute Gasteiger partial charge is 0.303 e. The van der Waals surface area contributed by atoms with E-state index in [0.717, 1.165) is 44.9 Å². The van der Waals surface area contributed by atoms with Crippen LogP contribution in [0.5, 0.6) is 0 Å². The van der Waals surface area contributed by atoms with Gasteiger partial charge in [0.2, 0.25) is 0 Å². The third kappa shape index (κ3) is 3.27. The molecule has 5 nitrogen and oxygen atoms in total. The summed E-state index contributed by atoms with van der Waals surface area (Å²) in [5.41, 5.74) is 0.119. The minimum absolute atomic E-state index is 0.00309. The Balaban J connectivity index is 1.59. The third-order valence-electron chi connectivity index (χ3n) is 10.3. The molecule has 0 heterocycles. The highest BCUT2D eigenvalue weighted by Gasteiger charge is 2.65. The first-order chi connectivity index (χ1) is 13.6. The average Bonchev–Trinajstić information content (AvgIpc) is 3.02. The zero-order valence-corrected chi connectivity index (χ0v) is 18.3. The maximum atomic E-state index is 11.3. The van der Waals surface area contributed by atoms with Crippen molar-refractivity contribution in [2.75, 3.05) is 0 Å². The number of aliphatic carboxylic acids is 1. The van der Waals surface area contributed by atoms with Crippen LogP contribution in [-0.4, -0.2) is 44.7 Å². The Morgan fingerprint density at radius 2 is 1.59 bits per heavy atom. The second-order valence-electron chi connectivity index (χ2n) is 11.5. The van der Waals surface area contributed by atoms with Gasteiger partial charge >= 0.3 is 5.97 Å². The quantitative estimate of drug-likeness (QED) is 0.571. The predicted molar refractivity (Wildman–Crippen MR) is 110 cm³/mol. The Kier molecular flexibility index (Phi) is 5.57. The first-order valence-electron chi connectivity index (χ1n) is 11.9. The summed E-state index contributed by atoms with van der Waals surface area (Å²) < 4.78 is 0. The molecule has 0 aromatic carbocycles. The highest BCUT2D eigenvalue weighted by Crippen LogP contribution is 2.68. The van der Waals surface area contributed by atoms with Gasteiger partial charge in [0.15, 0.2) is 0 Å². The van der Waals surface area contributed by atoms with Gasteiger partial charge in [-0.25, -0.2) is 0 Å². The minimum atomic E-state index is -0.748. The molecular formula is C24H40O5. The lowest BCUT2D eigenvalue weighted by Gasteiger charge is -2.63. The highest BCUT2D eigenvalue weighted by atomic mass is 16.4. The number of aliphatic hydroxyl groups is 3. The largest absolute Gasteiger partial charge is 0.481 e. The number of rotatable bonds is 4. The molecule has 4 rings (SSSR count). The monoisotopic (exact) mass is 408 g/mol. The van der Waals surface area contributed by atoms with Crippen LogP contribution in [0.2, 0.25) is 0 Å². The topological polar surface area (TPSA) is 98.0 Å². The molecule has 0 aliphatic heterocycles. The normalized spacial score (nSPS) is 52.9. The summed E-state index contributed by atoms with van der Waals surface area (Å²) in [4.78, 5) is 11.1. The summed E-state index contributed by atoms with van der Waals surface area (Å²) in [5, 5.41) is 41.7. The van der Waals surface area contributed by atoms with Crippen LogP contribution < -0.4 is 0 Å². The fraction of sp³-hybridized carbons (Fsp3) is 0.958. The summed E-state index contributed by atoms with van der Waals surface area (Å²) in [5.74, 6) is 1.06. The van der Waals surface area contributed by atoms with Crippen molar-refractivity contribution in [3.8, 4) is 0 Å². The molecule has 0 saturated heterocycles. The highest BCUT2D eigenvalue weighted by molar-refractivity contribution is 5.66. The molecule has 11 atom stereocenters. The molecule has 0 spiro atoms. The second-order valence-corrected chi connectivity index (χ2v) is 11.5. The van der Waals surface area contributed by atoms with Gasteiger partial charge in [0.05, 0.1) is 18.3 Å². The number of hydrogen-bond acceptors (Lipinski definition) is 4. The molecule has 5 heteroatoms. The van der Waals surface area contributed by atoms with Crippen molar-refractivity contribution < 1.29 is 25.2 Å². The van der Waals surface area contributed by atoms with Crippen LogP contribution in [0, 0.1) is 46.3 Å². The number of aliphatic hydroxyl groups excluding tert-OH is 3. The van der Waals surface area contributed by atoms with Crippen molar-refractivity contribution in [3.05, 3.63) is 0 Å². The predicted octanol–water partition coefficient (Wildman–Crippen LogP) is 3.45. The molecule has 29 heavy (non-hydrogen) atoms. The fourth-order valence-corrected chi connectivity index (χ4v) is 8.77. The van der Waals surface area contributed by atoms with Crippen molar-refractivity contribution in [1.29, 1.82) is 0 Å². The number of carboxylic acid groups (broad SMARTS) is 1. The van der Waals surface area contributed by atoms with Crippen LogP contribution in [0.25, 0.3) is 0 Å². The molecule has 0 radical (unpaired) electrons. The Hall–Kier alpha value is -0.650. The van der Waals surface area contributed by atoms with Crippen molar-refractivity contribution in [2.45, 2.75) is 96.9 Å². The summed E-state index contributed by atoms with van der Waals surface area (Å²) in [6.45, 7) is 6.89. The van der Waals surface area contributed by atoms with E-state index >= 15 is 0 Å². The summed E-state index contributed by atoms with van der Waals surface area (Å²) in [7, 11) is 0. The number of fused-ring (bicyclic) bond motifs is 5. The summed E-state index contributed by atoms with van der Waals surface area (Å²) in [6.07, 6.45) is 5.87. The van der Waals surface area contributed by atoms with Gasteiger partial charge in [-0.05, 0) is 97.7 Å². The molecule has 4 aliphatic rings. The molecule has 4 N–H and O–H groups in total. The van der Waals surface area contributed by atoms with Gasteiger partial charge in [0.25, 0.3) is 0 Å². The molecule has 0 aromatic heterocycles. The fourth-order valence-electron chi connectivity index (χ4n) is 8.77. The molecule has 0 amide bonds. The van der Waals surface area contributed by atoms with Gasteiger partial charge in [-0.1, -0.05) is 20.8 Å². The van der Waals surface area contributed by atoms with Gasteiger partial charge < -0.3 is 20.4 Å². The maximum Gasteiger partial charge on any atom is 0.303 e. The van der Waals surface area contributed by atoms with Gasteiger partial charge in [-0.15, -0.1) is 0 Å². The van der Waals surface area contributed by atoms with Gasteiger partial charge in [-0.3, -0.25) is 4.79 Å². The van der Waals surface area contributed by atoms with E-state index in [1.54, 1.807) is 0 Å². The summed E-state index contributed by atoms with van der Waals surface area (Å²) in [6, 6.07) is 0. The third-order valence-corrected chi connectivity index (χ3v) is 10.3. The molecule has 4 saturated carbocycles. The van der Waals surface area contributed by atoms with E-state index in [-0.39, 0.29) is 35.2 Å². The van der Waals surface area contributed by atoms with E-state index < -0.39 is 18.2 Å². The van der Waals surface area contributed by atoms with E-state index in [1.807, 2.05) is 0 Å². The lowest BCUT2D eigenvalue weighted by Crippen LogP contribution is -2.64. The molecule has 4 aliphatic carbocycles. The zero-order chi connectivity index (χ0) is 21.1. The molecule has 166 valence electrons. The zero-order valence-electron chi connectivity index (χ0n) is 18.3. The molecule has 0 unspecified atom stereocenters. The number of carboxylic acids is 1. The summed E-state index contributed by atoms with van der Waals surface area (Å²) >= 11 is 0. The second kappa shape index (κ2) is 7.49. The van der Waals surface area contributed by atoms with Crippen LogP contribution in [0.15, 0.2) is 0 Å². The first kappa shape index (κ1) is 21.6. The van der Waals surface area contributed by atoms with Gasteiger partial charge in [-0.2, -0.15) is 0 Å². The van der Waals surface area contributed by atoms with Gasteiger partial charge in [0, 0.05) is 6.42 Å². The number of hydrogen-bond donors (Lipinski definition) is 4. The Bertz CT molecular complexity index is 637. The Labute approximate surface area is 174 Å². The standard InChI is InChI=1S/C24H40O5/c1-13(4-7-19(26)27)15-5-6-16-20-17(9-11-23(15,16)2)24(3)10-8-14(25)12-18(24)21(28)22(20)29/h13-18,20-22,25,28-29H,4-12H2,1-3H3,(H,26,27)/t13-,14+,15-,16+,17+,18+,20+,21+,22+,23-,24-/m1/s1. The van der Waals surface area contributed by atoms with Crippen LogP contribution in [-0.2, 0) is 4.79 Å². The van der Waals surface area contributed by atoms with Crippen LogP contribution >= 0.6 is 0 Å². The minimum Gasteiger partial charge on any atom is -0.481 e. The van der Waals surface area contributed by atoms with E-state index in [1.165, 1.54) is 0 Å². The SMILES string of the molecule is C[C@H](CCC(=O)O)[C@H]1CC[C@H]2[C@@H]3[C@H](O)[C@@H](O)[C@@H]4C[C@@H](O)CC[C@]4(C)[C@H]3CC[C@]12C. The molecule has 0 bridgehead atoms. The van der Waals surface area contributed by atoms with E-state index in [9.17, 15) is 20.1 Å². The number of carbonyl (C=O) groups is 1. The van der Waals surface area contributed by atoms with E-state index in [4.69, 9.17) is 5.11 Å². The van der Waals surface area contributed by atoms with E-state index in [0.29, 0.717) is 30.1 Å². The Morgan fingerprint density at radius 3 is 2.28 bits per heavy atom. The average molecular weight is 409 g/mol. The maximum absolute atomic E-state index is 11.3. The lowest BCUT2D eigenvalue weighted by atomic mass is 9.43. The van der Waals surface area contributed by atoms with Crippen molar-refractivity contribution in [1.82, 2.24) is 0 Å². The van der Waals surface area contributed by atoms with Gasteiger partial charge in [0.1, 0.15) is 0 Å². The first-order valence-corrected chi connectivity index (χ1v) is 11.9. The molecular weight excluding hydrogens is 368 g/mol. The van der Waals surface area contributed by atoms with Crippen molar-refractivity contribution in [3.63, 3.8) is 0 Å².